The third-order valence-corrected chi connectivity index (χ3v) is 2.72. The van der Waals surface area contributed by atoms with Gasteiger partial charge in [-0.2, -0.15) is 4.98 Å². The molecule has 0 unspecified atom stereocenters. The second-order valence-corrected chi connectivity index (χ2v) is 4.08. The van der Waals surface area contributed by atoms with E-state index in [1.54, 1.807) is 6.20 Å². The van der Waals surface area contributed by atoms with Crippen LogP contribution in [-0.4, -0.2) is 42.8 Å². The second kappa shape index (κ2) is 8.11. The lowest BCUT2D eigenvalue weighted by atomic mass is 10.4. The maximum absolute atomic E-state index is 6.15. The fourth-order valence-corrected chi connectivity index (χ4v) is 1.77. The van der Waals surface area contributed by atoms with Crippen LogP contribution in [0.15, 0.2) is 6.20 Å². The van der Waals surface area contributed by atoms with E-state index in [1.165, 1.54) is 0 Å². The zero-order valence-corrected chi connectivity index (χ0v) is 12.0. The Morgan fingerprint density at radius 1 is 1.39 bits per heavy atom. The third kappa shape index (κ3) is 4.31. The molecule has 0 atom stereocenters. The van der Waals surface area contributed by atoms with Gasteiger partial charge in [0.25, 0.3) is 0 Å². The maximum Gasteiger partial charge on any atom is 0.224 e. The van der Waals surface area contributed by atoms with Crippen LogP contribution in [-0.2, 0) is 4.74 Å². The molecular weight excluding hydrogens is 252 g/mol. The monoisotopic (exact) mass is 272 g/mol. The summed E-state index contributed by atoms with van der Waals surface area (Å²) < 4.78 is 5.36. The van der Waals surface area contributed by atoms with E-state index in [1.807, 2.05) is 13.8 Å². The predicted molar refractivity (Wildman–Crippen MR) is 75.6 cm³/mol. The molecule has 6 heteroatoms. The van der Waals surface area contributed by atoms with E-state index < -0.39 is 0 Å². The van der Waals surface area contributed by atoms with Gasteiger partial charge in [-0.3, -0.25) is 0 Å². The van der Waals surface area contributed by atoms with Crippen LogP contribution >= 0.6 is 11.6 Å². The quantitative estimate of drug-likeness (QED) is 0.737. The molecule has 0 aliphatic carbocycles. The molecule has 18 heavy (non-hydrogen) atoms. The zero-order chi connectivity index (χ0) is 13.4. The van der Waals surface area contributed by atoms with Gasteiger partial charge >= 0.3 is 0 Å². The van der Waals surface area contributed by atoms with Crippen LogP contribution in [0.4, 0.5) is 11.8 Å². The topological polar surface area (TPSA) is 50.3 Å². The van der Waals surface area contributed by atoms with Crippen LogP contribution < -0.4 is 10.2 Å². The first-order valence-electron chi connectivity index (χ1n) is 6.31. The molecule has 1 N–H and O–H groups in total. The van der Waals surface area contributed by atoms with Crippen molar-refractivity contribution in [2.45, 2.75) is 20.8 Å². The van der Waals surface area contributed by atoms with Gasteiger partial charge in [0.15, 0.2) is 5.82 Å². The van der Waals surface area contributed by atoms with Crippen molar-refractivity contribution in [1.29, 1.82) is 0 Å². The summed E-state index contributed by atoms with van der Waals surface area (Å²) in [7, 11) is 0. The molecule has 0 aliphatic rings. The van der Waals surface area contributed by atoms with Crippen molar-refractivity contribution in [2.75, 3.05) is 43.1 Å². The molecule has 0 saturated carbocycles. The second-order valence-electron chi connectivity index (χ2n) is 3.67. The minimum absolute atomic E-state index is 0.565. The summed E-state index contributed by atoms with van der Waals surface area (Å²) in [6, 6.07) is 0. The van der Waals surface area contributed by atoms with Gasteiger partial charge in [0.05, 0.1) is 12.8 Å². The lowest BCUT2D eigenvalue weighted by molar-refractivity contribution is 0.154. The number of likely N-dealkylation sites (N-methyl/N-ethyl adjacent to an activating group) is 1. The molecule has 0 fully saturated rings. The minimum Gasteiger partial charge on any atom is -0.380 e. The van der Waals surface area contributed by atoms with E-state index in [-0.39, 0.29) is 0 Å². The van der Waals surface area contributed by atoms with Gasteiger partial charge in [-0.15, -0.1) is 0 Å². The smallest absolute Gasteiger partial charge is 0.224 e. The van der Waals surface area contributed by atoms with Gasteiger partial charge < -0.3 is 15.0 Å². The van der Waals surface area contributed by atoms with E-state index in [4.69, 9.17) is 16.3 Å². The molecule has 0 radical (unpaired) electrons. The van der Waals surface area contributed by atoms with Crippen LogP contribution in [0.2, 0.25) is 5.02 Å². The number of halogens is 1. The molecule has 1 aromatic rings. The Morgan fingerprint density at radius 3 is 2.78 bits per heavy atom. The molecule has 5 nitrogen and oxygen atoms in total. The number of rotatable bonds is 8. The van der Waals surface area contributed by atoms with E-state index in [0.29, 0.717) is 17.6 Å². The molecule has 0 bridgehead atoms. The van der Waals surface area contributed by atoms with E-state index >= 15 is 0 Å². The van der Waals surface area contributed by atoms with E-state index in [2.05, 4.69) is 27.1 Å². The third-order valence-electron chi connectivity index (χ3n) is 2.45. The van der Waals surface area contributed by atoms with Crippen molar-refractivity contribution >= 4 is 23.4 Å². The number of nitrogens with zero attached hydrogens (tertiary/aromatic N) is 3. The van der Waals surface area contributed by atoms with Crippen LogP contribution in [0.1, 0.15) is 20.8 Å². The minimum atomic E-state index is 0.565. The van der Waals surface area contributed by atoms with Crippen LogP contribution in [0.5, 0.6) is 0 Å². The molecule has 1 aromatic heterocycles. The number of ether oxygens (including phenoxy) is 1. The van der Waals surface area contributed by atoms with Crippen molar-refractivity contribution in [3.63, 3.8) is 0 Å². The number of hydrogen-bond acceptors (Lipinski definition) is 5. The highest BCUT2D eigenvalue weighted by Crippen LogP contribution is 2.23. The zero-order valence-electron chi connectivity index (χ0n) is 11.2. The van der Waals surface area contributed by atoms with E-state index in [0.717, 1.165) is 32.1 Å². The molecule has 0 spiro atoms. The fraction of sp³-hybridized carbons (Fsp3) is 0.667. The summed E-state index contributed by atoms with van der Waals surface area (Å²) >= 11 is 6.15. The lowest BCUT2D eigenvalue weighted by Gasteiger charge is -2.23. The molecule has 102 valence electrons. The average molecular weight is 273 g/mol. The Kier molecular flexibility index (Phi) is 6.75. The standard InChI is InChI=1S/C12H21ClN4O/c1-4-14-12-15-9-10(13)11(16-12)17(5-2)7-8-18-6-3/h9H,4-8H2,1-3H3,(H,14,15,16). The van der Waals surface area contributed by atoms with E-state index in [9.17, 15) is 0 Å². The van der Waals surface area contributed by atoms with Crippen molar-refractivity contribution in [3.05, 3.63) is 11.2 Å². The Labute approximate surface area is 114 Å². The fourth-order valence-electron chi connectivity index (χ4n) is 1.56. The Hall–Kier alpha value is -1.07. The average Bonchev–Trinajstić information content (AvgIpc) is 2.38. The van der Waals surface area contributed by atoms with Crippen LogP contribution in [0, 0.1) is 0 Å². The highest BCUT2D eigenvalue weighted by Gasteiger charge is 2.12. The number of nitrogens with one attached hydrogen (secondary N) is 1. The van der Waals surface area contributed by atoms with Gasteiger partial charge in [-0.25, -0.2) is 4.98 Å². The van der Waals surface area contributed by atoms with Gasteiger partial charge in [0.1, 0.15) is 5.02 Å². The van der Waals surface area contributed by atoms with Crippen molar-refractivity contribution < 1.29 is 4.74 Å². The van der Waals surface area contributed by atoms with Gasteiger partial charge in [0, 0.05) is 26.2 Å². The first-order chi connectivity index (χ1) is 8.72. The molecule has 0 aromatic carbocycles. The predicted octanol–water partition coefficient (Wildman–Crippen LogP) is 2.42. The first-order valence-corrected chi connectivity index (χ1v) is 6.69. The molecule has 0 saturated heterocycles. The number of anilines is 2. The lowest BCUT2D eigenvalue weighted by Crippen LogP contribution is -2.28. The summed E-state index contributed by atoms with van der Waals surface area (Å²) in [5.41, 5.74) is 0. The highest BCUT2D eigenvalue weighted by molar-refractivity contribution is 6.32. The molecule has 1 rings (SSSR count). The molecule has 0 amide bonds. The SMILES string of the molecule is CCNc1ncc(Cl)c(N(CC)CCOCC)n1. The molecular formula is C12H21ClN4O. The number of aromatic nitrogens is 2. The number of hydrogen-bond donors (Lipinski definition) is 1. The summed E-state index contributed by atoms with van der Waals surface area (Å²) in [6.45, 7) is 9.83. The maximum atomic E-state index is 6.15. The Bertz CT molecular complexity index is 362. The summed E-state index contributed by atoms with van der Waals surface area (Å²) in [4.78, 5) is 10.6. The van der Waals surface area contributed by atoms with Crippen LogP contribution in [0.25, 0.3) is 0 Å². The Morgan fingerprint density at radius 2 is 2.17 bits per heavy atom. The van der Waals surface area contributed by atoms with Crippen LogP contribution in [0.3, 0.4) is 0 Å². The summed E-state index contributed by atoms with van der Waals surface area (Å²) in [5, 5.41) is 3.65. The van der Waals surface area contributed by atoms with Gasteiger partial charge in [0.2, 0.25) is 5.95 Å². The van der Waals surface area contributed by atoms with Gasteiger partial charge in [-0.05, 0) is 20.8 Å². The highest BCUT2D eigenvalue weighted by atomic mass is 35.5. The molecule has 0 aliphatic heterocycles. The first kappa shape index (κ1) is 15.0. The largest absolute Gasteiger partial charge is 0.380 e. The summed E-state index contributed by atoms with van der Waals surface area (Å²) in [5.74, 6) is 1.36. The Balaban J connectivity index is 2.79. The van der Waals surface area contributed by atoms with Crippen molar-refractivity contribution in [2.24, 2.45) is 0 Å². The summed E-state index contributed by atoms with van der Waals surface area (Å²) in [6.07, 6.45) is 1.63. The van der Waals surface area contributed by atoms with Crippen molar-refractivity contribution in [1.82, 2.24) is 9.97 Å². The van der Waals surface area contributed by atoms with Crippen molar-refractivity contribution in [3.8, 4) is 0 Å². The van der Waals surface area contributed by atoms with Gasteiger partial charge in [-0.1, -0.05) is 11.6 Å². The molecule has 1 heterocycles. The normalized spacial score (nSPS) is 10.4.